The lowest BCUT2D eigenvalue weighted by molar-refractivity contribution is -0.141. The lowest BCUT2D eigenvalue weighted by Crippen LogP contribution is -2.12. The summed E-state index contributed by atoms with van der Waals surface area (Å²) in [6, 6.07) is 0. The fourth-order valence-corrected chi connectivity index (χ4v) is 2.43. The Morgan fingerprint density at radius 2 is 1.07 bits per heavy atom. The largest absolute Gasteiger partial charge is 0.481 e. The number of hydrogen-bond donors (Lipinski definition) is 1. The van der Waals surface area contributed by atoms with E-state index in [1.807, 2.05) is 12.2 Å². The third kappa shape index (κ3) is 18.6. The topological polar surface area (TPSA) is 37.3 Å². The molecule has 2 nitrogen and oxygen atoms in total. The predicted molar refractivity (Wildman–Crippen MR) is 122 cm³/mol. The highest BCUT2D eigenvalue weighted by atomic mass is 32.1. The smallest absolute Gasteiger partial charge is 0.307 e. The van der Waals surface area contributed by atoms with Crippen molar-refractivity contribution in [3.05, 3.63) is 72.9 Å². The van der Waals surface area contributed by atoms with E-state index in [0.717, 1.165) is 38.5 Å². The fraction of sp³-hybridized carbons (Fsp3) is 0.417. The molecule has 0 saturated heterocycles. The van der Waals surface area contributed by atoms with E-state index in [2.05, 4.69) is 67.7 Å². The highest BCUT2D eigenvalue weighted by molar-refractivity contribution is 7.78. The Hall–Kier alpha value is -2.00. The molecule has 0 spiro atoms. The molecular weight excluding hydrogens is 352 g/mol. The van der Waals surface area contributed by atoms with Gasteiger partial charge in [-0.3, -0.25) is 4.79 Å². The molecule has 0 aromatic rings. The molecule has 0 rings (SSSR count). The van der Waals surface area contributed by atoms with Gasteiger partial charge in [-0.25, -0.2) is 0 Å². The average Bonchev–Trinajstić information content (AvgIpc) is 2.66. The van der Waals surface area contributed by atoms with Gasteiger partial charge in [0.1, 0.15) is 0 Å². The van der Waals surface area contributed by atoms with Crippen molar-refractivity contribution < 1.29 is 9.90 Å². The first-order chi connectivity index (χ1) is 13.2. The molecule has 1 N–H and O–H groups in total. The van der Waals surface area contributed by atoms with Gasteiger partial charge in [0, 0.05) is 0 Å². The number of allylic oxidation sites excluding steroid dienone is 12. The Bertz CT molecular complexity index is 551. The van der Waals surface area contributed by atoms with Gasteiger partial charge >= 0.3 is 5.97 Å². The van der Waals surface area contributed by atoms with Crippen LogP contribution >= 0.6 is 12.2 Å². The summed E-state index contributed by atoms with van der Waals surface area (Å²) < 4.78 is 0. The van der Waals surface area contributed by atoms with Crippen LogP contribution in [0.15, 0.2) is 72.9 Å². The third-order valence-corrected chi connectivity index (χ3v) is 3.94. The van der Waals surface area contributed by atoms with E-state index in [1.54, 1.807) is 0 Å². The number of hydrogen-bond acceptors (Lipinski definition) is 2. The minimum atomic E-state index is -0.782. The van der Waals surface area contributed by atoms with Crippen LogP contribution in [0, 0.1) is 5.92 Å². The molecule has 0 radical (unpaired) electrons. The van der Waals surface area contributed by atoms with Crippen LogP contribution in [0.5, 0.6) is 0 Å². The average molecular weight is 387 g/mol. The van der Waals surface area contributed by atoms with Gasteiger partial charge in [-0.1, -0.05) is 92.1 Å². The van der Waals surface area contributed by atoms with Crippen molar-refractivity contribution in [1.29, 1.82) is 0 Å². The molecule has 0 aliphatic carbocycles. The van der Waals surface area contributed by atoms with Crippen LogP contribution in [-0.4, -0.2) is 16.4 Å². The number of rotatable bonds is 16. The summed E-state index contributed by atoms with van der Waals surface area (Å²) in [6.45, 7) is 2.15. The summed E-state index contributed by atoms with van der Waals surface area (Å²) >= 11 is 4.73. The van der Waals surface area contributed by atoms with Gasteiger partial charge in [-0.05, 0) is 56.7 Å². The Balaban J connectivity index is 3.71. The van der Waals surface area contributed by atoms with E-state index in [-0.39, 0.29) is 0 Å². The van der Waals surface area contributed by atoms with E-state index >= 15 is 0 Å². The Morgan fingerprint density at radius 3 is 1.41 bits per heavy atom. The normalized spacial score (nSPS) is 14.0. The number of carbonyl (C=O) groups is 1. The van der Waals surface area contributed by atoms with Gasteiger partial charge in [-0.15, -0.1) is 0 Å². The minimum absolute atomic E-state index is 0.396. The lowest BCUT2D eigenvalue weighted by atomic mass is 10.0. The van der Waals surface area contributed by atoms with Gasteiger partial charge < -0.3 is 5.11 Å². The summed E-state index contributed by atoms with van der Waals surface area (Å²) in [4.78, 5) is 11.0. The van der Waals surface area contributed by atoms with E-state index in [1.165, 1.54) is 5.37 Å². The zero-order chi connectivity index (χ0) is 20.0. The Labute approximate surface area is 170 Å². The highest BCUT2D eigenvalue weighted by Gasteiger charge is 2.13. The molecule has 3 heteroatoms. The monoisotopic (exact) mass is 386 g/mol. The van der Waals surface area contributed by atoms with Crippen LogP contribution in [0.2, 0.25) is 0 Å². The fourth-order valence-electron chi connectivity index (χ4n) is 2.20. The summed E-state index contributed by atoms with van der Waals surface area (Å²) in [5.41, 5.74) is 0. The summed E-state index contributed by atoms with van der Waals surface area (Å²) in [5, 5.41) is 10.5. The van der Waals surface area contributed by atoms with Gasteiger partial charge in [0.15, 0.2) is 0 Å². The summed E-state index contributed by atoms with van der Waals surface area (Å²) in [5.74, 6) is -1.18. The van der Waals surface area contributed by atoms with Crippen LogP contribution in [0.3, 0.4) is 0 Å². The SMILES string of the molecule is CC/C=C\C/C=C\C/C=C\C/C=C\C/C=C\C/C=C\CC(CC=S)C(=O)O. The molecule has 0 aliphatic heterocycles. The van der Waals surface area contributed by atoms with Crippen molar-refractivity contribution in [2.45, 2.75) is 58.3 Å². The molecule has 0 saturated carbocycles. The Morgan fingerprint density at radius 1 is 0.704 bits per heavy atom. The number of carboxylic acids is 1. The second-order valence-electron chi connectivity index (χ2n) is 6.09. The highest BCUT2D eigenvalue weighted by Crippen LogP contribution is 2.09. The van der Waals surface area contributed by atoms with E-state index < -0.39 is 11.9 Å². The van der Waals surface area contributed by atoms with E-state index in [0.29, 0.717) is 12.8 Å². The van der Waals surface area contributed by atoms with Crippen molar-refractivity contribution in [2.75, 3.05) is 0 Å². The molecule has 1 atom stereocenters. The van der Waals surface area contributed by atoms with Crippen molar-refractivity contribution in [3.8, 4) is 0 Å². The lowest BCUT2D eigenvalue weighted by Gasteiger charge is -2.04. The Kier molecular flexibility index (Phi) is 18.8. The van der Waals surface area contributed by atoms with Crippen LogP contribution in [0.25, 0.3) is 0 Å². The van der Waals surface area contributed by atoms with Crippen LogP contribution in [0.4, 0.5) is 0 Å². The van der Waals surface area contributed by atoms with Gasteiger partial charge in [-0.2, -0.15) is 0 Å². The van der Waals surface area contributed by atoms with Gasteiger partial charge in [0.05, 0.1) is 5.92 Å². The first kappa shape index (κ1) is 25.0. The van der Waals surface area contributed by atoms with E-state index in [9.17, 15) is 4.79 Å². The second kappa shape index (κ2) is 20.3. The molecule has 0 amide bonds. The molecule has 148 valence electrons. The van der Waals surface area contributed by atoms with Crippen molar-refractivity contribution in [3.63, 3.8) is 0 Å². The zero-order valence-corrected chi connectivity index (χ0v) is 17.3. The molecule has 0 aromatic carbocycles. The molecular formula is C24H34O2S. The van der Waals surface area contributed by atoms with Crippen LogP contribution in [-0.2, 0) is 4.79 Å². The third-order valence-electron chi connectivity index (χ3n) is 3.75. The molecule has 1 unspecified atom stereocenters. The van der Waals surface area contributed by atoms with Crippen molar-refractivity contribution in [2.24, 2.45) is 5.92 Å². The van der Waals surface area contributed by atoms with Crippen molar-refractivity contribution >= 4 is 23.6 Å². The predicted octanol–water partition coefficient (Wildman–Crippen LogP) is 7.16. The zero-order valence-electron chi connectivity index (χ0n) is 16.5. The second-order valence-corrected chi connectivity index (χ2v) is 6.42. The first-order valence-electron chi connectivity index (χ1n) is 9.78. The standard InChI is InChI=1S/C24H34O2S/c1-2-3-4-5-6-7-8-9-10-11-12-13-14-15-16-17-18-19-20-23(21-22-27)24(25)26/h3-4,6-7,9-10,12-13,15-16,18-19,22-23H,2,5,8,11,14,17,20-21H2,1H3,(H,25,26)/b4-3-,7-6-,10-9-,13-12-,16-15-,19-18-. The van der Waals surface area contributed by atoms with Crippen LogP contribution < -0.4 is 0 Å². The maximum Gasteiger partial charge on any atom is 0.307 e. The van der Waals surface area contributed by atoms with Gasteiger partial charge in [0.25, 0.3) is 0 Å². The molecule has 0 aliphatic rings. The number of aliphatic carboxylic acids is 1. The maximum atomic E-state index is 11.0. The molecule has 0 aromatic heterocycles. The summed E-state index contributed by atoms with van der Waals surface area (Å²) in [7, 11) is 0. The first-order valence-corrected chi connectivity index (χ1v) is 10.3. The number of thiocarbonyl (C=S) groups is 1. The molecule has 0 bridgehead atoms. The molecule has 27 heavy (non-hydrogen) atoms. The minimum Gasteiger partial charge on any atom is -0.481 e. The van der Waals surface area contributed by atoms with Crippen molar-refractivity contribution in [1.82, 2.24) is 0 Å². The quantitative estimate of drug-likeness (QED) is 0.226. The van der Waals surface area contributed by atoms with Crippen LogP contribution in [0.1, 0.15) is 58.3 Å². The maximum absolute atomic E-state index is 11.0. The van der Waals surface area contributed by atoms with E-state index in [4.69, 9.17) is 17.3 Å². The van der Waals surface area contributed by atoms with Gasteiger partial charge in [0.2, 0.25) is 0 Å². The molecule has 0 heterocycles. The molecule has 0 fully saturated rings. The number of carboxylic acid groups (broad SMARTS) is 1. The summed E-state index contributed by atoms with van der Waals surface area (Å²) in [6.07, 6.45) is 32.5.